The molecular weight excluding hydrogens is 941 g/mol. The number of nitriles is 1. The van der Waals surface area contributed by atoms with Crippen LogP contribution in [0.2, 0.25) is 0 Å². The van der Waals surface area contributed by atoms with Crippen molar-refractivity contribution < 1.29 is 4.42 Å². The molecule has 0 fully saturated rings. The molecule has 0 spiro atoms. The molecule has 0 unspecified atom stereocenters. The molecule has 0 N–H and O–H groups in total. The van der Waals surface area contributed by atoms with Crippen molar-refractivity contribution in [3.8, 4) is 39.9 Å². The Morgan fingerprint density at radius 3 is 1.13 bits per heavy atom. The van der Waals surface area contributed by atoms with Crippen LogP contribution in [0.25, 0.3) is 143 Å². The molecule has 0 aliphatic carbocycles. The van der Waals surface area contributed by atoms with Gasteiger partial charge >= 0.3 is 0 Å². The highest BCUT2D eigenvalue weighted by Crippen LogP contribution is 2.53. The van der Waals surface area contributed by atoms with Gasteiger partial charge in [0.05, 0.1) is 66.9 Å². The predicted octanol–water partition coefficient (Wildman–Crippen LogP) is 18.1. The number of benzene rings is 10. The monoisotopic (exact) mass is 986 g/mol. The molecule has 6 heterocycles. The first-order valence-electron chi connectivity index (χ1n) is 26.3. The van der Waals surface area contributed by atoms with Crippen LogP contribution in [0.15, 0.2) is 211 Å². The van der Waals surface area contributed by atoms with Gasteiger partial charge in [-0.05, 0) is 122 Å². The van der Waals surface area contributed by atoms with Gasteiger partial charge in [0.25, 0.3) is 0 Å². The zero-order chi connectivity index (χ0) is 51.4. The quantitative estimate of drug-likeness (QED) is 0.172. The smallest absolute Gasteiger partial charge is 0.227 e. The summed E-state index contributed by atoms with van der Waals surface area (Å²) in [7, 11) is 0. The minimum absolute atomic E-state index is 0.523. The molecule has 362 valence electrons. The highest BCUT2D eigenvalue weighted by molar-refractivity contribution is 6.20. The van der Waals surface area contributed by atoms with Gasteiger partial charge in [-0.3, -0.25) is 0 Å². The number of furan rings is 1. The van der Waals surface area contributed by atoms with Crippen molar-refractivity contribution in [3.05, 3.63) is 234 Å². The molecule has 16 aromatic rings. The molecule has 10 aromatic carbocycles. The Labute approximate surface area is 441 Å². The van der Waals surface area contributed by atoms with Crippen LogP contribution in [-0.4, -0.2) is 23.3 Å². The topological polar surface area (TPSA) is 69.5 Å². The number of para-hydroxylation sites is 4. The van der Waals surface area contributed by atoms with Crippen LogP contribution in [0.5, 0.6) is 0 Å². The first kappa shape index (κ1) is 43.3. The molecular formula is C70H46N6O. The van der Waals surface area contributed by atoms with Crippen LogP contribution in [0.1, 0.15) is 27.8 Å². The molecule has 77 heavy (non-hydrogen) atoms. The molecule has 0 amide bonds. The van der Waals surface area contributed by atoms with E-state index in [0.717, 1.165) is 160 Å². The Hall–Kier alpha value is -10.2. The lowest BCUT2D eigenvalue weighted by molar-refractivity contribution is 0.654. The minimum atomic E-state index is 0.523. The second kappa shape index (κ2) is 15.9. The Kier molecular flexibility index (Phi) is 8.95. The number of hydrogen-bond acceptors (Lipinski definition) is 3. The van der Waals surface area contributed by atoms with E-state index < -0.39 is 0 Å². The van der Waals surface area contributed by atoms with Crippen molar-refractivity contribution in [1.82, 2.24) is 23.3 Å². The van der Waals surface area contributed by atoms with Gasteiger partial charge in [0, 0.05) is 65.6 Å². The van der Waals surface area contributed by atoms with Gasteiger partial charge in [0.15, 0.2) is 0 Å². The number of rotatable bonds is 5. The highest BCUT2D eigenvalue weighted by Gasteiger charge is 2.36. The van der Waals surface area contributed by atoms with E-state index in [4.69, 9.17) is 9.40 Å². The molecule has 7 nitrogen and oxygen atoms in total. The zero-order valence-electron chi connectivity index (χ0n) is 42.7. The Balaban J connectivity index is 1.31. The molecule has 6 aromatic heterocycles. The third-order valence-electron chi connectivity index (χ3n) is 16.3. The molecule has 0 saturated carbocycles. The molecule has 0 saturated heterocycles. The third kappa shape index (κ3) is 5.92. The van der Waals surface area contributed by atoms with Crippen molar-refractivity contribution in [2.45, 2.75) is 27.7 Å². The van der Waals surface area contributed by atoms with Crippen LogP contribution in [-0.2, 0) is 0 Å². The van der Waals surface area contributed by atoms with Crippen LogP contribution >= 0.6 is 0 Å². The average molecular weight is 987 g/mol. The van der Waals surface area contributed by atoms with E-state index in [1.165, 1.54) is 0 Å². The largest absolute Gasteiger partial charge is 0.438 e. The van der Waals surface area contributed by atoms with E-state index in [2.05, 4.69) is 246 Å². The molecule has 16 rings (SSSR count). The number of nitrogens with zero attached hydrogens (tertiary/aromatic N) is 6. The SMILES string of the molecule is Cc1ccc2c3ccccc3n(-c3c(C#N)c(-n4c5ccccc5c5ccc(C)cc54)c(-n4c5ccccc5c5ccc(C)cc54)c(-c4cccc5oc6ncccc6c45)c3-n3c4ccccc4c4ccc(C)cc43)c2c1. The fraction of sp³-hybridized carbons (Fsp3) is 0.0571. The fourth-order valence-corrected chi connectivity index (χ4v) is 13.1. The number of aryl methyl sites for hydroxylation is 4. The zero-order valence-corrected chi connectivity index (χ0v) is 42.7. The standard InChI is InChI=1S/C70H46N6O/c1-40-26-30-48-44-15-5-9-21-55(44)73(59(48)35-40)66-54(39-71)67(74-56-22-10-6-16-45(56)49-31-27-41(2)36-60(49)74)69(76-58-24-12-8-18-47(58)51-33-29-43(4)38-62(51)76)65(52-19-13-25-63-64(52)53-20-14-34-72-70(53)77-63)68(66)75-57-23-11-7-17-46(57)50-32-28-42(3)37-61(50)75/h5-38H,1-4H3. The van der Waals surface area contributed by atoms with E-state index >= 15 is 0 Å². The fourth-order valence-electron chi connectivity index (χ4n) is 13.1. The maximum Gasteiger partial charge on any atom is 0.227 e. The third-order valence-corrected chi connectivity index (χ3v) is 16.3. The highest BCUT2D eigenvalue weighted by atomic mass is 16.3. The van der Waals surface area contributed by atoms with Crippen LogP contribution < -0.4 is 0 Å². The Bertz CT molecular complexity index is 5030. The van der Waals surface area contributed by atoms with Gasteiger partial charge in [-0.2, -0.15) is 5.26 Å². The summed E-state index contributed by atoms with van der Waals surface area (Å²) in [6.45, 7) is 8.66. The lowest BCUT2D eigenvalue weighted by Gasteiger charge is -2.29. The van der Waals surface area contributed by atoms with Gasteiger partial charge in [-0.1, -0.05) is 133 Å². The van der Waals surface area contributed by atoms with E-state index in [9.17, 15) is 5.26 Å². The van der Waals surface area contributed by atoms with E-state index in [1.807, 2.05) is 6.07 Å². The lowest BCUT2D eigenvalue weighted by atomic mass is 9.91. The number of pyridine rings is 1. The van der Waals surface area contributed by atoms with Gasteiger partial charge in [0.2, 0.25) is 5.71 Å². The summed E-state index contributed by atoms with van der Waals surface area (Å²) in [6, 6.07) is 75.6. The van der Waals surface area contributed by atoms with E-state index in [-0.39, 0.29) is 0 Å². The number of aromatic nitrogens is 5. The van der Waals surface area contributed by atoms with Crippen molar-refractivity contribution in [3.63, 3.8) is 0 Å². The summed E-state index contributed by atoms with van der Waals surface area (Å²) in [5.74, 6) is 0. The van der Waals surface area contributed by atoms with Crippen molar-refractivity contribution in [1.29, 1.82) is 5.26 Å². The summed E-state index contributed by atoms with van der Waals surface area (Å²) in [5, 5.41) is 23.7. The number of fused-ring (bicyclic) bond motifs is 15. The van der Waals surface area contributed by atoms with Crippen LogP contribution in [0, 0.1) is 39.0 Å². The Morgan fingerprint density at radius 1 is 0.364 bits per heavy atom. The second-order valence-corrected chi connectivity index (χ2v) is 20.9. The summed E-state index contributed by atoms with van der Waals surface area (Å²) in [4.78, 5) is 4.85. The molecule has 0 aliphatic heterocycles. The van der Waals surface area contributed by atoms with Crippen molar-refractivity contribution >= 4 is 109 Å². The summed E-state index contributed by atoms with van der Waals surface area (Å²) in [5.41, 5.74) is 19.5. The molecule has 0 radical (unpaired) electrons. The first-order valence-corrected chi connectivity index (χ1v) is 26.3. The summed E-state index contributed by atoms with van der Waals surface area (Å²) < 4.78 is 16.6. The van der Waals surface area contributed by atoms with Crippen molar-refractivity contribution in [2.75, 3.05) is 0 Å². The van der Waals surface area contributed by atoms with Crippen LogP contribution in [0.4, 0.5) is 0 Å². The summed E-state index contributed by atoms with van der Waals surface area (Å²) >= 11 is 0. The van der Waals surface area contributed by atoms with Crippen LogP contribution in [0.3, 0.4) is 0 Å². The molecule has 0 aliphatic rings. The van der Waals surface area contributed by atoms with Gasteiger partial charge < -0.3 is 22.7 Å². The number of hydrogen-bond donors (Lipinski definition) is 0. The van der Waals surface area contributed by atoms with Gasteiger partial charge in [-0.25, -0.2) is 4.98 Å². The predicted molar refractivity (Wildman–Crippen MR) is 318 cm³/mol. The summed E-state index contributed by atoms with van der Waals surface area (Å²) in [6.07, 6.45) is 1.80. The first-order chi connectivity index (χ1) is 37.8. The molecule has 7 heteroatoms. The average Bonchev–Trinajstić information content (AvgIpc) is 4.47. The maximum absolute atomic E-state index is 13.0. The van der Waals surface area contributed by atoms with Gasteiger partial charge in [0.1, 0.15) is 17.2 Å². The molecule has 0 bridgehead atoms. The van der Waals surface area contributed by atoms with E-state index in [1.54, 1.807) is 6.20 Å². The van der Waals surface area contributed by atoms with E-state index in [0.29, 0.717) is 11.3 Å². The Morgan fingerprint density at radius 2 is 0.727 bits per heavy atom. The normalized spacial score (nSPS) is 12.1. The van der Waals surface area contributed by atoms with Gasteiger partial charge in [-0.15, -0.1) is 0 Å². The maximum atomic E-state index is 13.0. The minimum Gasteiger partial charge on any atom is -0.438 e. The molecule has 0 atom stereocenters. The van der Waals surface area contributed by atoms with Crippen molar-refractivity contribution in [2.24, 2.45) is 0 Å². The lowest BCUT2D eigenvalue weighted by Crippen LogP contribution is -2.16. The second-order valence-electron chi connectivity index (χ2n) is 20.9.